The third-order valence-electron chi connectivity index (χ3n) is 2.99. The van der Waals surface area contributed by atoms with Crippen molar-refractivity contribution >= 4 is 11.3 Å². The lowest BCUT2D eigenvalue weighted by Gasteiger charge is -2.14. The number of hydrogen-bond donors (Lipinski definition) is 1. The van der Waals surface area contributed by atoms with Crippen molar-refractivity contribution in [1.82, 2.24) is 10.3 Å². The Morgan fingerprint density at radius 3 is 2.58 bits per heavy atom. The zero-order chi connectivity index (χ0) is 14.5. The number of thiazole rings is 1. The number of aryl methyl sites for hydroxylation is 1. The van der Waals surface area contributed by atoms with Gasteiger partial charge in [-0.2, -0.15) is 0 Å². The molecule has 1 atom stereocenters. The fraction of sp³-hybridized carbons (Fsp3) is 0.800. The van der Waals surface area contributed by atoms with Crippen LogP contribution in [0.5, 0.6) is 0 Å². The van der Waals surface area contributed by atoms with Crippen molar-refractivity contribution in [3.05, 3.63) is 15.6 Å². The van der Waals surface area contributed by atoms with Gasteiger partial charge >= 0.3 is 0 Å². The van der Waals surface area contributed by atoms with Crippen LogP contribution >= 0.6 is 11.3 Å². The topological polar surface area (TPSA) is 34.1 Å². The third kappa shape index (κ3) is 5.21. The van der Waals surface area contributed by atoms with E-state index >= 15 is 0 Å². The number of nitrogens with zero attached hydrogens (tertiary/aromatic N) is 1. The molecule has 0 amide bonds. The Hall–Kier alpha value is -0.450. The highest BCUT2D eigenvalue weighted by atomic mass is 32.1. The molecule has 0 aliphatic carbocycles. The maximum atomic E-state index is 5.34. The van der Waals surface area contributed by atoms with Gasteiger partial charge in [0.2, 0.25) is 0 Å². The summed E-state index contributed by atoms with van der Waals surface area (Å²) in [7, 11) is 0. The average Bonchev–Trinajstić information content (AvgIpc) is 2.70. The van der Waals surface area contributed by atoms with Gasteiger partial charge in [-0.1, -0.05) is 20.8 Å². The first-order chi connectivity index (χ1) is 8.86. The van der Waals surface area contributed by atoms with Gasteiger partial charge in [0, 0.05) is 29.5 Å². The molecule has 0 bridgehead atoms. The Morgan fingerprint density at radius 2 is 2.05 bits per heavy atom. The van der Waals surface area contributed by atoms with E-state index in [0.29, 0.717) is 6.04 Å². The fourth-order valence-corrected chi connectivity index (χ4v) is 3.01. The number of nitrogens with one attached hydrogen (secondary N) is 1. The molecule has 0 spiro atoms. The first-order valence-corrected chi connectivity index (χ1v) is 7.96. The normalized spacial score (nSPS) is 13.8. The van der Waals surface area contributed by atoms with E-state index in [9.17, 15) is 0 Å². The highest BCUT2D eigenvalue weighted by Gasteiger charge is 2.22. The maximum Gasteiger partial charge on any atom is 0.0985 e. The van der Waals surface area contributed by atoms with Crippen LogP contribution in [0.4, 0.5) is 0 Å². The second-order valence-corrected chi connectivity index (χ2v) is 6.98. The Kier molecular flexibility index (Phi) is 6.43. The van der Waals surface area contributed by atoms with Crippen LogP contribution in [0.3, 0.4) is 0 Å². The quantitative estimate of drug-likeness (QED) is 0.773. The van der Waals surface area contributed by atoms with Crippen molar-refractivity contribution < 1.29 is 4.74 Å². The van der Waals surface area contributed by atoms with Gasteiger partial charge in [0.25, 0.3) is 0 Å². The number of rotatable bonds is 7. The maximum absolute atomic E-state index is 5.34. The first kappa shape index (κ1) is 16.6. The molecule has 1 N–H and O–H groups in total. The van der Waals surface area contributed by atoms with Crippen LogP contribution in [0.15, 0.2) is 0 Å². The Morgan fingerprint density at radius 1 is 1.37 bits per heavy atom. The van der Waals surface area contributed by atoms with Crippen molar-refractivity contribution in [2.45, 2.75) is 59.4 Å². The molecule has 1 aromatic rings. The number of ether oxygens (including phenoxy) is 1. The van der Waals surface area contributed by atoms with Crippen molar-refractivity contribution in [2.75, 3.05) is 19.8 Å². The van der Waals surface area contributed by atoms with Crippen LogP contribution < -0.4 is 5.32 Å². The summed E-state index contributed by atoms with van der Waals surface area (Å²) in [6.07, 6.45) is 1.06. The molecule has 0 fully saturated rings. The van der Waals surface area contributed by atoms with Crippen molar-refractivity contribution in [3.63, 3.8) is 0 Å². The molecular weight excluding hydrogens is 256 g/mol. The zero-order valence-electron chi connectivity index (χ0n) is 13.2. The van der Waals surface area contributed by atoms with Gasteiger partial charge in [0.15, 0.2) is 0 Å². The molecule has 0 aliphatic rings. The van der Waals surface area contributed by atoms with E-state index in [1.54, 1.807) is 0 Å². The molecule has 0 radical (unpaired) electrons. The Bertz CT molecular complexity index is 382. The first-order valence-electron chi connectivity index (χ1n) is 7.15. The van der Waals surface area contributed by atoms with Crippen LogP contribution in [0.2, 0.25) is 0 Å². The summed E-state index contributed by atoms with van der Waals surface area (Å²) in [4.78, 5) is 6.08. The Balaban J connectivity index is 2.52. The molecule has 0 saturated heterocycles. The molecule has 1 aromatic heterocycles. The van der Waals surface area contributed by atoms with E-state index in [1.165, 1.54) is 15.6 Å². The van der Waals surface area contributed by atoms with Crippen LogP contribution in [0.1, 0.15) is 62.7 Å². The van der Waals surface area contributed by atoms with Crippen molar-refractivity contribution in [1.29, 1.82) is 0 Å². The minimum Gasteiger partial charge on any atom is -0.382 e. The number of aromatic nitrogens is 1. The summed E-state index contributed by atoms with van der Waals surface area (Å²) < 4.78 is 5.34. The van der Waals surface area contributed by atoms with Gasteiger partial charge in [-0.3, -0.25) is 0 Å². The molecule has 3 nitrogen and oxygen atoms in total. The van der Waals surface area contributed by atoms with Crippen LogP contribution in [-0.2, 0) is 10.2 Å². The molecule has 0 aromatic carbocycles. The van der Waals surface area contributed by atoms with E-state index in [2.05, 4.69) is 39.9 Å². The lowest BCUT2D eigenvalue weighted by atomic mass is 9.98. The number of hydrogen-bond acceptors (Lipinski definition) is 4. The molecule has 19 heavy (non-hydrogen) atoms. The van der Waals surface area contributed by atoms with Crippen molar-refractivity contribution in [2.24, 2.45) is 0 Å². The van der Waals surface area contributed by atoms with E-state index < -0.39 is 0 Å². The molecule has 0 saturated carbocycles. The highest BCUT2D eigenvalue weighted by molar-refractivity contribution is 7.12. The second kappa shape index (κ2) is 7.36. The smallest absolute Gasteiger partial charge is 0.0985 e. The largest absolute Gasteiger partial charge is 0.382 e. The third-order valence-corrected chi connectivity index (χ3v) is 4.75. The monoisotopic (exact) mass is 284 g/mol. The molecule has 1 unspecified atom stereocenters. The minimum atomic E-state index is 0.141. The second-order valence-electron chi connectivity index (χ2n) is 5.94. The van der Waals surface area contributed by atoms with Crippen LogP contribution in [-0.4, -0.2) is 24.7 Å². The summed E-state index contributed by atoms with van der Waals surface area (Å²) in [5.41, 5.74) is 1.31. The summed E-state index contributed by atoms with van der Waals surface area (Å²) in [5.74, 6) is 0. The molecule has 110 valence electrons. The molecule has 4 heteroatoms. The van der Waals surface area contributed by atoms with Gasteiger partial charge in [-0.05, 0) is 33.7 Å². The molecule has 0 aliphatic heterocycles. The molecule has 1 heterocycles. The lowest BCUT2D eigenvalue weighted by molar-refractivity contribution is 0.144. The predicted molar refractivity (Wildman–Crippen MR) is 83.1 cm³/mol. The van der Waals surface area contributed by atoms with E-state index in [4.69, 9.17) is 9.72 Å². The summed E-state index contributed by atoms with van der Waals surface area (Å²) in [6.45, 7) is 15.6. The average molecular weight is 284 g/mol. The van der Waals surface area contributed by atoms with Crippen LogP contribution in [0.25, 0.3) is 0 Å². The van der Waals surface area contributed by atoms with E-state index in [0.717, 1.165) is 26.2 Å². The van der Waals surface area contributed by atoms with Gasteiger partial charge < -0.3 is 10.1 Å². The van der Waals surface area contributed by atoms with Gasteiger partial charge in [0.05, 0.1) is 10.7 Å². The standard InChI is InChI=1S/C15H28N2OS/c1-7-18-10-8-9-16-11(2)13-12(3)17-14(19-13)15(4,5)6/h11,16H,7-10H2,1-6H3. The summed E-state index contributed by atoms with van der Waals surface area (Å²) in [6, 6.07) is 0.371. The molecule has 1 rings (SSSR count). The van der Waals surface area contributed by atoms with Crippen LogP contribution in [0, 0.1) is 6.92 Å². The van der Waals surface area contributed by atoms with Gasteiger partial charge in [-0.15, -0.1) is 11.3 Å². The summed E-state index contributed by atoms with van der Waals surface area (Å²) >= 11 is 1.84. The Labute approximate surface area is 121 Å². The SMILES string of the molecule is CCOCCCNC(C)c1sc(C(C)(C)C)nc1C. The fourth-order valence-electron chi connectivity index (χ4n) is 1.86. The van der Waals surface area contributed by atoms with E-state index in [-0.39, 0.29) is 5.41 Å². The van der Waals surface area contributed by atoms with E-state index in [1.807, 2.05) is 18.3 Å². The zero-order valence-corrected chi connectivity index (χ0v) is 14.0. The highest BCUT2D eigenvalue weighted by Crippen LogP contribution is 2.32. The lowest BCUT2D eigenvalue weighted by Crippen LogP contribution is -2.20. The molecular formula is C15H28N2OS. The summed E-state index contributed by atoms with van der Waals surface area (Å²) in [5, 5.41) is 4.78. The van der Waals surface area contributed by atoms with Gasteiger partial charge in [0.1, 0.15) is 0 Å². The van der Waals surface area contributed by atoms with Crippen molar-refractivity contribution in [3.8, 4) is 0 Å². The minimum absolute atomic E-state index is 0.141. The van der Waals surface area contributed by atoms with Gasteiger partial charge in [-0.25, -0.2) is 4.98 Å². The predicted octanol–water partition coefficient (Wildman–Crippen LogP) is 3.83.